The lowest BCUT2D eigenvalue weighted by Crippen LogP contribution is -2.31. The Morgan fingerprint density at radius 1 is 1.12 bits per heavy atom. The summed E-state index contributed by atoms with van der Waals surface area (Å²) in [6.45, 7) is 5.87. The molecule has 0 aliphatic heterocycles. The van der Waals surface area contributed by atoms with Gasteiger partial charge in [-0.2, -0.15) is 0 Å². The van der Waals surface area contributed by atoms with Gasteiger partial charge in [0.1, 0.15) is 0 Å². The van der Waals surface area contributed by atoms with E-state index >= 15 is 0 Å². The van der Waals surface area contributed by atoms with Crippen molar-refractivity contribution in [1.29, 1.82) is 0 Å². The number of benzene rings is 1. The average molecular weight is 373 g/mol. The van der Waals surface area contributed by atoms with Gasteiger partial charge >= 0.3 is 7.82 Å². The lowest BCUT2D eigenvalue weighted by molar-refractivity contribution is -0.122. The van der Waals surface area contributed by atoms with Crippen LogP contribution in [0.15, 0.2) is 30.3 Å². The van der Waals surface area contributed by atoms with Gasteiger partial charge in [-0.25, -0.2) is 4.57 Å². The third kappa shape index (κ3) is 12.8. The van der Waals surface area contributed by atoms with Gasteiger partial charge in [-0.1, -0.05) is 76.8 Å². The number of phosphoric ester groups is 1. The molecule has 25 heavy (non-hydrogen) atoms. The van der Waals surface area contributed by atoms with Crippen molar-refractivity contribution in [3.63, 3.8) is 0 Å². The molecular weight excluding hydrogens is 341 g/mol. The van der Waals surface area contributed by atoms with Gasteiger partial charge in [0.15, 0.2) is 0 Å². The molecule has 1 rings (SSSR count). The number of phosphoric acid groups is 1. The highest BCUT2D eigenvalue weighted by atomic mass is 31.2. The molecule has 1 unspecified atom stereocenters. The maximum Gasteiger partial charge on any atom is 0.469 e. The second kappa shape index (κ2) is 14.0. The first kappa shape index (κ1) is 23.8. The molecule has 0 aliphatic rings. The summed E-state index contributed by atoms with van der Waals surface area (Å²) in [4.78, 5) is 29.7. The van der Waals surface area contributed by atoms with Crippen LogP contribution in [-0.4, -0.2) is 22.3 Å². The topological polar surface area (TPSA) is 95.9 Å². The van der Waals surface area contributed by atoms with Crippen molar-refractivity contribution in [2.24, 2.45) is 0 Å². The summed E-state index contributed by atoms with van der Waals surface area (Å²) in [5.74, 6) is -0.135. The third-order valence-electron chi connectivity index (χ3n) is 3.45. The predicted molar refractivity (Wildman–Crippen MR) is 100 cm³/mol. The van der Waals surface area contributed by atoms with E-state index in [-0.39, 0.29) is 12.5 Å². The van der Waals surface area contributed by atoms with Crippen molar-refractivity contribution in [2.45, 2.75) is 65.3 Å². The number of hydrogen-bond acceptors (Lipinski definition) is 3. The van der Waals surface area contributed by atoms with E-state index in [1.165, 1.54) is 6.42 Å². The van der Waals surface area contributed by atoms with Crippen LogP contribution in [0.25, 0.3) is 0 Å². The van der Waals surface area contributed by atoms with E-state index < -0.39 is 13.9 Å². The zero-order valence-electron chi connectivity index (χ0n) is 15.5. The molecule has 144 valence electrons. The summed E-state index contributed by atoms with van der Waals surface area (Å²) in [5, 5.41) is 2.79. The minimum atomic E-state index is -4.57. The first-order valence-electron chi connectivity index (χ1n) is 8.96. The van der Waals surface area contributed by atoms with Gasteiger partial charge in [-0.05, 0) is 12.0 Å². The van der Waals surface area contributed by atoms with Crippen LogP contribution in [-0.2, 0) is 13.9 Å². The summed E-state index contributed by atoms with van der Waals surface area (Å²) in [7, 11) is -4.57. The fourth-order valence-corrected chi connectivity index (χ4v) is 2.58. The first-order valence-corrected chi connectivity index (χ1v) is 10.5. The smallest absolute Gasteiger partial charge is 0.347 e. The molecule has 0 saturated carbocycles. The number of hydrogen-bond donors (Lipinski definition) is 3. The van der Waals surface area contributed by atoms with E-state index in [1.807, 2.05) is 19.9 Å². The van der Waals surface area contributed by atoms with Crippen LogP contribution >= 0.6 is 7.82 Å². The van der Waals surface area contributed by atoms with E-state index in [2.05, 4.69) is 16.8 Å². The van der Waals surface area contributed by atoms with E-state index in [0.717, 1.165) is 31.2 Å². The monoisotopic (exact) mass is 373 g/mol. The zero-order chi connectivity index (χ0) is 19.1. The van der Waals surface area contributed by atoms with E-state index in [9.17, 15) is 9.36 Å². The Labute approximate surface area is 151 Å². The van der Waals surface area contributed by atoms with Gasteiger partial charge in [0.05, 0.1) is 12.6 Å². The molecule has 0 spiro atoms. The van der Waals surface area contributed by atoms with Gasteiger partial charge < -0.3 is 15.1 Å². The van der Waals surface area contributed by atoms with Crippen LogP contribution in [0.4, 0.5) is 0 Å². The zero-order valence-corrected chi connectivity index (χ0v) is 16.4. The number of unbranched alkanes of at least 4 members (excludes halogenated alkanes) is 4. The van der Waals surface area contributed by atoms with Gasteiger partial charge in [-0.15, -0.1) is 0 Å². The van der Waals surface area contributed by atoms with Crippen molar-refractivity contribution in [3.05, 3.63) is 35.9 Å². The van der Waals surface area contributed by atoms with Crippen LogP contribution in [0.2, 0.25) is 0 Å². The van der Waals surface area contributed by atoms with Crippen molar-refractivity contribution < 1.29 is 23.7 Å². The largest absolute Gasteiger partial charge is 0.469 e. The van der Waals surface area contributed by atoms with Crippen molar-refractivity contribution in [2.75, 3.05) is 6.61 Å². The maximum atomic E-state index is 12.0. The Morgan fingerprint density at radius 3 is 2.28 bits per heavy atom. The molecule has 0 bridgehead atoms. The summed E-state index contributed by atoms with van der Waals surface area (Å²) in [5.41, 5.74) is 0.750. The Hall–Kier alpha value is -1.20. The highest BCUT2D eigenvalue weighted by Gasteiger charge is 2.20. The van der Waals surface area contributed by atoms with Crippen molar-refractivity contribution in [3.8, 4) is 0 Å². The van der Waals surface area contributed by atoms with Crippen LogP contribution in [0.3, 0.4) is 0 Å². The van der Waals surface area contributed by atoms with E-state index in [4.69, 9.17) is 9.79 Å². The summed E-state index contributed by atoms with van der Waals surface area (Å²) in [6.07, 6.45) is 5.67. The molecule has 0 heterocycles. The molecule has 1 amide bonds. The third-order valence-corrected chi connectivity index (χ3v) is 3.94. The van der Waals surface area contributed by atoms with Crippen LogP contribution in [0, 0.1) is 0 Å². The fraction of sp³-hybridized carbons (Fsp3) is 0.611. The number of rotatable bonds is 11. The van der Waals surface area contributed by atoms with Gasteiger partial charge in [0.25, 0.3) is 0 Å². The maximum absolute atomic E-state index is 12.0. The molecule has 7 heteroatoms. The van der Waals surface area contributed by atoms with E-state index in [0.29, 0.717) is 6.42 Å². The minimum Gasteiger partial charge on any atom is -0.347 e. The number of amides is 1. The molecule has 1 atom stereocenters. The highest BCUT2D eigenvalue weighted by molar-refractivity contribution is 7.46. The minimum absolute atomic E-state index is 0.135. The molecule has 3 N–H and O–H groups in total. The molecule has 0 radical (unpaired) electrons. The predicted octanol–water partition coefficient (Wildman–Crippen LogP) is 4.34. The SMILES string of the molecule is CC.CCCCCCCC(=O)NC(COP(=O)(O)O)c1ccccc1. The Bertz CT molecular complexity index is 503. The summed E-state index contributed by atoms with van der Waals surface area (Å²) in [6, 6.07) is 8.43. The van der Waals surface area contributed by atoms with Gasteiger partial charge in [0, 0.05) is 6.42 Å². The molecule has 0 fully saturated rings. The molecule has 1 aromatic carbocycles. The molecule has 6 nitrogen and oxygen atoms in total. The molecule has 0 aromatic heterocycles. The number of carbonyl (C=O) groups is 1. The number of carbonyl (C=O) groups excluding carboxylic acids is 1. The quantitative estimate of drug-likeness (QED) is 0.396. The first-order chi connectivity index (χ1) is 11.9. The summed E-state index contributed by atoms with van der Waals surface area (Å²) < 4.78 is 15.4. The second-order valence-corrected chi connectivity index (χ2v) is 6.72. The molecule has 0 saturated heterocycles. The fourth-order valence-electron chi connectivity index (χ4n) is 2.23. The van der Waals surface area contributed by atoms with Crippen molar-refractivity contribution >= 4 is 13.7 Å². The van der Waals surface area contributed by atoms with Crippen LogP contribution in [0.1, 0.15) is 70.9 Å². The Kier molecular flexibility index (Phi) is 13.3. The van der Waals surface area contributed by atoms with Gasteiger partial charge in [0.2, 0.25) is 5.91 Å². The summed E-state index contributed by atoms with van der Waals surface area (Å²) >= 11 is 0. The lowest BCUT2D eigenvalue weighted by Gasteiger charge is -2.19. The molecule has 0 aliphatic carbocycles. The normalized spacial score (nSPS) is 12.0. The van der Waals surface area contributed by atoms with Crippen molar-refractivity contribution in [1.82, 2.24) is 5.32 Å². The molecule has 1 aromatic rings. The Morgan fingerprint density at radius 2 is 1.72 bits per heavy atom. The highest BCUT2D eigenvalue weighted by Crippen LogP contribution is 2.37. The van der Waals surface area contributed by atoms with Gasteiger partial charge in [-0.3, -0.25) is 9.32 Å². The second-order valence-electron chi connectivity index (χ2n) is 5.48. The number of nitrogens with one attached hydrogen (secondary N) is 1. The lowest BCUT2D eigenvalue weighted by atomic mass is 10.1. The standard InChI is InChI=1S/C16H26NO5P.C2H6/c1-2-3-4-5-9-12-16(18)17-15(13-22-23(19,20)21)14-10-7-6-8-11-14;1-2/h6-8,10-11,15H,2-5,9,12-13H2,1H3,(H,17,18)(H2,19,20,21);1-2H3. The molecular formula is C18H32NO5P. The van der Waals surface area contributed by atoms with Crippen LogP contribution in [0.5, 0.6) is 0 Å². The van der Waals surface area contributed by atoms with Crippen LogP contribution < -0.4 is 5.32 Å². The van der Waals surface area contributed by atoms with E-state index in [1.54, 1.807) is 24.3 Å². The Balaban J connectivity index is 0.00000277. The average Bonchev–Trinajstić information content (AvgIpc) is 2.60.